The van der Waals surface area contributed by atoms with Crippen molar-refractivity contribution in [3.05, 3.63) is 28.3 Å². The third kappa shape index (κ3) is 3.70. The summed E-state index contributed by atoms with van der Waals surface area (Å²) < 4.78 is 26.8. The minimum absolute atomic E-state index is 0.0606. The lowest BCUT2D eigenvalue weighted by atomic mass is 10.3. The van der Waals surface area contributed by atoms with Gasteiger partial charge in [0.15, 0.2) is 0 Å². The number of benzene rings is 1. The van der Waals surface area contributed by atoms with Crippen LogP contribution in [0.3, 0.4) is 0 Å². The van der Waals surface area contributed by atoms with Gasteiger partial charge in [-0.3, -0.25) is 10.1 Å². The van der Waals surface area contributed by atoms with Gasteiger partial charge in [0.25, 0.3) is 5.69 Å². The van der Waals surface area contributed by atoms with Crippen LogP contribution in [0.2, 0.25) is 0 Å². The molecule has 21 heavy (non-hydrogen) atoms. The third-order valence-corrected chi connectivity index (χ3v) is 5.22. The van der Waals surface area contributed by atoms with Gasteiger partial charge in [-0.05, 0) is 26.8 Å². The lowest BCUT2D eigenvalue weighted by molar-refractivity contribution is -0.384. The summed E-state index contributed by atoms with van der Waals surface area (Å²) in [4.78, 5) is 10.4. The van der Waals surface area contributed by atoms with Crippen molar-refractivity contribution in [2.45, 2.75) is 38.6 Å². The highest BCUT2D eigenvalue weighted by molar-refractivity contribution is 7.89. The maximum absolute atomic E-state index is 12.7. The molecule has 1 N–H and O–H groups in total. The first-order valence-corrected chi connectivity index (χ1v) is 8.23. The van der Waals surface area contributed by atoms with Gasteiger partial charge in [-0.1, -0.05) is 6.92 Å². The van der Waals surface area contributed by atoms with Crippen LogP contribution in [0.15, 0.2) is 23.1 Å². The zero-order valence-corrected chi connectivity index (χ0v) is 13.5. The molecule has 0 spiro atoms. The van der Waals surface area contributed by atoms with E-state index in [0.29, 0.717) is 13.1 Å². The average Bonchev–Trinajstić information content (AvgIpc) is 2.38. The number of nitrogens with one attached hydrogen (secondary N) is 1. The molecule has 1 aromatic rings. The second-order valence-electron chi connectivity index (χ2n) is 4.77. The highest BCUT2D eigenvalue weighted by atomic mass is 32.2. The Labute approximate surface area is 125 Å². The Morgan fingerprint density at radius 3 is 2.38 bits per heavy atom. The zero-order valence-electron chi connectivity index (χ0n) is 12.7. The van der Waals surface area contributed by atoms with Crippen LogP contribution in [0.25, 0.3) is 0 Å². The lowest BCUT2D eigenvalue weighted by Crippen LogP contribution is -2.37. The molecule has 0 radical (unpaired) electrons. The summed E-state index contributed by atoms with van der Waals surface area (Å²) in [7, 11) is -3.70. The van der Waals surface area contributed by atoms with Gasteiger partial charge >= 0.3 is 0 Å². The van der Waals surface area contributed by atoms with Crippen LogP contribution in [0.5, 0.6) is 0 Å². The van der Waals surface area contributed by atoms with Crippen molar-refractivity contribution < 1.29 is 13.3 Å². The summed E-state index contributed by atoms with van der Waals surface area (Å²) in [6, 6.07) is 3.56. The van der Waals surface area contributed by atoms with Gasteiger partial charge in [-0.2, -0.15) is 4.31 Å². The monoisotopic (exact) mass is 315 g/mol. The molecule has 0 heterocycles. The van der Waals surface area contributed by atoms with Crippen molar-refractivity contribution in [3.63, 3.8) is 0 Å². The van der Waals surface area contributed by atoms with Gasteiger partial charge in [0.05, 0.1) is 10.6 Å². The summed E-state index contributed by atoms with van der Waals surface area (Å²) in [5, 5.41) is 13.7. The first kappa shape index (κ1) is 17.4. The Bertz CT molecular complexity index is 614. The number of nitro benzene ring substituents is 1. The summed E-state index contributed by atoms with van der Waals surface area (Å²) >= 11 is 0. The minimum Gasteiger partial charge on any atom is -0.384 e. The number of non-ortho nitro benzene ring substituents is 1. The number of nitro groups is 1. The van der Waals surface area contributed by atoms with E-state index < -0.39 is 14.9 Å². The molecule has 0 aliphatic carbocycles. The summed E-state index contributed by atoms with van der Waals surface area (Å²) in [6.45, 7) is 7.95. The molecule has 1 rings (SSSR count). The topological polar surface area (TPSA) is 92.5 Å². The molecule has 0 saturated heterocycles. The minimum atomic E-state index is -3.70. The van der Waals surface area contributed by atoms with E-state index in [1.165, 1.54) is 22.5 Å². The van der Waals surface area contributed by atoms with E-state index in [2.05, 4.69) is 5.32 Å². The van der Waals surface area contributed by atoms with Crippen molar-refractivity contribution in [2.24, 2.45) is 0 Å². The van der Waals surface area contributed by atoms with Crippen molar-refractivity contribution in [3.8, 4) is 0 Å². The maximum atomic E-state index is 12.7. The number of rotatable bonds is 7. The van der Waals surface area contributed by atoms with Crippen molar-refractivity contribution in [2.75, 3.05) is 18.4 Å². The van der Waals surface area contributed by atoms with Gasteiger partial charge in [0.1, 0.15) is 4.90 Å². The molecule has 0 aliphatic rings. The molecule has 0 unspecified atom stereocenters. The Morgan fingerprint density at radius 2 is 1.95 bits per heavy atom. The molecule has 0 bridgehead atoms. The predicted octanol–water partition coefficient (Wildman–Crippen LogP) is 2.45. The molecule has 8 heteroatoms. The number of anilines is 1. The largest absolute Gasteiger partial charge is 0.384 e. The lowest BCUT2D eigenvalue weighted by Gasteiger charge is -2.25. The molecule has 0 saturated carbocycles. The van der Waals surface area contributed by atoms with E-state index in [-0.39, 0.29) is 22.3 Å². The first-order valence-electron chi connectivity index (χ1n) is 6.79. The Morgan fingerprint density at radius 1 is 1.33 bits per heavy atom. The second-order valence-corrected chi connectivity index (χ2v) is 6.63. The van der Waals surface area contributed by atoms with Crippen LogP contribution in [0.4, 0.5) is 11.4 Å². The SMILES string of the molecule is CCNc1cc([N+](=O)[O-])ccc1S(=O)(=O)N(CC)C(C)C. The fraction of sp³-hybridized carbons (Fsp3) is 0.538. The van der Waals surface area contributed by atoms with Crippen LogP contribution < -0.4 is 5.32 Å². The number of sulfonamides is 1. The van der Waals surface area contributed by atoms with E-state index in [1.54, 1.807) is 27.7 Å². The van der Waals surface area contributed by atoms with Crippen LogP contribution in [0, 0.1) is 10.1 Å². The summed E-state index contributed by atoms with van der Waals surface area (Å²) in [5.74, 6) is 0. The molecule has 0 aliphatic heterocycles. The first-order chi connectivity index (χ1) is 9.75. The molecule has 0 amide bonds. The molecular weight excluding hydrogens is 294 g/mol. The van der Waals surface area contributed by atoms with Gasteiger partial charge < -0.3 is 5.32 Å². The Hall–Kier alpha value is -1.67. The fourth-order valence-electron chi connectivity index (χ4n) is 2.12. The molecule has 1 aromatic carbocycles. The number of hydrogen-bond donors (Lipinski definition) is 1. The normalized spacial score (nSPS) is 11.9. The van der Waals surface area contributed by atoms with E-state index in [0.717, 1.165) is 0 Å². The Kier molecular flexibility index (Phi) is 5.68. The van der Waals surface area contributed by atoms with Gasteiger partial charge in [-0.25, -0.2) is 8.42 Å². The number of hydrogen-bond acceptors (Lipinski definition) is 5. The van der Waals surface area contributed by atoms with Crippen LogP contribution in [-0.4, -0.2) is 36.8 Å². The second kappa shape index (κ2) is 6.86. The highest BCUT2D eigenvalue weighted by Gasteiger charge is 2.29. The van der Waals surface area contributed by atoms with Crippen molar-refractivity contribution in [1.82, 2.24) is 4.31 Å². The molecular formula is C13H21N3O4S. The summed E-state index contributed by atoms with van der Waals surface area (Å²) in [5.41, 5.74) is 0.114. The van der Waals surface area contributed by atoms with E-state index >= 15 is 0 Å². The predicted molar refractivity (Wildman–Crippen MR) is 82.0 cm³/mol. The highest BCUT2D eigenvalue weighted by Crippen LogP contribution is 2.29. The number of nitrogens with zero attached hydrogens (tertiary/aromatic N) is 2. The molecule has 0 fully saturated rings. The van der Waals surface area contributed by atoms with Gasteiger partial charge in [0.2, 0.25) is 10.0 Å². The Balaban J connectivity index is 3.44. The van der Waals surface area contributed by atoms with Crippen LogP contribution >= 0.6 is 0 Å². The van der Waals surface area contributed by atoms with E-state index in [9.17, 15) is 18.5 Å². The fourth-order valence-corrected chi connectivity index (χ4v) is 3.92. The maximum Gasteiger partial charge on any atom is 0.271 e. The zero-order chi connectivity index (χ0) is 16.2. The van der Waals surface area contributed by atoms with Gasteiger partial charge in [0, 0.05) is 31.3 Å². The molecule has 0 atom stereocenters. The standard InChI is InChI=1S/C13H21N3O4S/c1-5-14-12-9-11(16(17)18)7-8-13(12)21(19,20)15(6-2)10(3)4/h7-10,14H,5-6H2,1-4H3. The van der Waals surface area contributed by atoms with Crippen molar-refractivity contribution >= 4 is 21.4 Å². The quantitative estimate of drug-likeness (QED) is 0.616. The molecule has 118 valence electrons. The van der Waals surface area contributed by atoms with Crippen molar-refractivity contribution in [1.29, 1.82) is 0 Å². The molecule has 0 aromatic heterocycles. The van der Waals surface area contributed by atoms with Crippen LogP contribution in [-0.2, 0) is 10.0 Å². The average molecular weight is 315 g/mol. The smallest absolute Gasteiger partial charge is 0.271 e. The van der Waals surface area contributed by atoms with Gasteiger partial charge in [-0.15, -0.1) is 0 Å². The molecule has 7 nitrogen and oxygen atoms in total. The summed E-state index contributed by atoms with van der Waals surface area (Å²) in [6.07, 6.45) is 0. The van der Waals surface area contributed by atoms with E-state index in [1.807, 2.05) is 0 Å². The van der Waals surface area contributed by atoms with E-state index in [4.69, 9.17) is 0 Å². The third-order valence-electron chi connectivity index (χ3n) is 3.02. The van der Waals surface area contributed by atoms with Crippen LogP contribution in [0.1, 0.15) is 27.7 Å².